The first-order valence-electron chi connectivity index (χ1n) is 10.8. The Hall–Kier alpha value is -3.34. The van der Waals surface area contributed by atoms with Crippen molar-refractivity contribution < 1.29 is 23.6 Å². The Morgan fingerprint density at radius 2 is 1.92 bits per heavy atom. The number of carbonyl (C=O) groups is 1. The minimum atomic E-state index is -1.59. The molecule has 0 aliphatic heterocycles. The molecule has 3 N–H and O–H groups in total. The molecule has 4 aromatic rings. The molecule has 188 valence electrons. The van der Waals surface area contributed by atoms with Gasteiger partial charge < -0.3 is 19.9 Å². The summed E-state index contributed by atoms with van der Waals surface area (Å²) in [6, 6.07) is 12.3. The van der Waals surface area contributed by atoms with Crippen LogP contribution in [0.4, 0.5) is 10.8 Å². The molecule has 8 nitrogen and oxygen atoms in total. The van der Waals surface area contributed by atoms with Gasteiger partial charge in [0.05, 0.1) is 28.6 Å². The number of fused-ring (bicyclic) bond motifs is 1. The van der Waals surface area contributed by atoms with Crippen LogP contribution in [0, 0.1) is 13.8 Å². The fourth-order valence-electron chi connectivity index (χ4n) is 3.65. The second kappa shape index (κ2) is 10.7. The number of rotatable bonds is 9. The molecule has 36 heavy (non-hydrogen) atoms. The van der Waals surface area contributed by atoms with Crippen LogP contribution in [0.25, 0.3) is 10.2 Å². The van der Waals surface area contributed by atoms with E-state index in [0.717, 1.165) is 15.8 Å². The van der Waals surface area contributed by atoms with Gasteiger partial charge in [0.15, 0.2) is 33.4 Å². The summed E-state index contributed by atoms with van der Waals surface area (Å²) in [5.41, 5.74) is 3.59. The maximum Gasteiger partial charge on any atom is 0.307 e. The molecule has 0 amide bonds. The van der Waals surface area contributed by atoms with Crippen molar-refractivity contribution >= 4 is 60.9 Å². The number of carboxylic acid groups (broad SMARTS) is 1. The van der Waals surface area contributed by atoms with E-state index in [2.05, 4.69) is 15.0 Å². The van der Waals surface area contributed by atoms with Crippen molar-refractivity contribution in [3.63, 3.8) is 0 Å². The summed E-state index contributed by atoms with van der Waals surface area (Å²) >= 11 is 7.73. The summed E-state index contributed by atoms with van der Waals surface area (Å²) in [4.78, 5) is 16.4. The van der Waals surface area contributed by atoms with Crippen LogP contribution < -0.4 is 19.5 Å². The molecule has 11 heteroatoms. The summed E-state index contributed by atoms with van der Waals surface area (Å²) in [5, 5.41) is 13.1. The molecular weight excluding hydrogens is 522 g/mol. The predicted octanol–water partition coefficient (Wildman–Crippen LogP) is 6.17. The van der Waals surface area contributed by atoms with E-state index < -0.39 is 17.0 Å². The Morgan fingerprint density at radius 3 is 2.58 bits per heavy atom. The second-order valence-corrected chi connectivity index (χ2v) is 10.6. The van der Waals surface area contributed by atoms with Gasteiger partial charge in [-0.1, -0.05) is 40.6 Å². The largest absolute Gasteiger partial charge is 0.493 e. The monoisotopic (exact) mass is 545 g/mol. The van der Waals surface area contributed by atoms with E-state index in [1.54, 1.807) is 19.2 Å². The average molecular weight is 546 g/mol. The maximum absolute atomic E-state index is 13.4. The Kier molecular flexibility index (Phi) is 7.67. The number of anilines is 2. The van der Waals surface area contributed by atoms with Gasteiger partial charge in [-0.25, -0.2) is 9.19 Å². The standard InChI is InChI=1S/C25H24ClN3O5S2/c1-13-5-8-21(14(2)9-13)36(32)29-23-18(7-6-17-24(23)35-25(27-3)28-17)34-20-12-16(26)15(11-22(30)31)10-19(20)33-4/h5-10,12,29H,11H2,1-4H3,(H,27,28)(H,30,31). The van der Waals surface area contributed by atoms with Gasteiger partial charge in [0.25, 0.3) is 0 Å². The smallest absolute Gasteiger partial charge is 0.307 e. The quantitative estimate of drug-likeness (QED) is 0.231. The zero-order valence-electron chi connectivity index (χ0n) is 20.0. The number of nitrogens with zero attached hydrogens (tertiary/aromatic N) is 1. The van der Waals surface area contributed by atoms with Crippen LogP contribution in [-0.4, -0.2) is 34.4 Å². The van der Waals surface area contributed by atoms with Crippen LogP contribution in [0.3, 0.4) is 0 Å². The van der Waals surface area contributed by atoms with Gasteiger partial charge in [-0.3, -0.25) is 9.52 Å². The third-order valence-corrected chi connectivity index (χ3v) is 8.06. The first-order chi connectivity index (χ1) is 17.2. The Labute approximate surface area is 219 Å². The van der Waals surface area contributed by atoms with Gasteiger partial charge in [0, 0.05) is 18.1 Å². The van der Waals surface area contributed by atoms with E-state index in [0.29, 0.717) is 38.3 Å². The number of aliphatic carboxylic acids is 1. The van der Waals surface area contributed by atoms with Crippen LogP contribution in [0.2, 0.25) is 5.02 Å². The molecule has 0 saturated carbocycles. The van der Waals surface area contributed by atoms with Crippen LogP contribution in [0.15, 0.2) is 47.4 Å². The second-order valence-electron chi connectivity index (χ2n) is 7.96. The van der Waals surface area contributed by atoms with Gasteiger partial charge in [0.2, 0.25) is 0 Å². The summed E-state index contributed by atoms with van der Waals surface area (Å²) in [5.74, 6) is -0.0247. The fraction of sp³-hybridized carbons (Fsp3) is 0.200. The molecule has 0 radical (unpaired) electrons. The molecular formula is C25H24ClN3O5S2. The number of halogens is 1. The van der Waals surface area contributed by atoms with Gasteiger partial charge >= 0.3 is 5.97 Å². The average Bonchev–Trinajstić information content (AvgIpc) is 3.25. The van der Waals surface area contributed by atoms with Crippen LogP contribution in [0.1, 0.15) is 16.7 Å². The zero-order valence-corrected chi connectivity index (χ0v) is 22.4. The molecule has 0 saturated heterocycles. The summed E-state index contributed by atoms with van der Waals surface area (Å²) < 4.78 is 28.9. The van der Waals surface area contributed by atoms with Crippen molar-refractivity contribution in [3.05, 3.63) is 64.2 Å². The number of aromatic nitrogens is 1. The molecule has 1 heterocycles. The van der Waals surface area contributed by atoms with Gasteiger partial charge in [-0.15, -0.1) is 0 Å². The highest BCUT2D eigenvalue weighted by Gasteiger charge is 2.20. The molecule has 1 aromatic heterocycles. The van der Waals surface area contributed by atoms with Crippen molar-refractivity contribution in [2.45, 2.75) is 25.2 Å². The number of aryl methyl sites for hydroxylation is 2. The molecule has 1 unspecified atom stereocenters. The van der Waals surface area contributed by atoms with Gasteiger partial charge in [-0.05, 0) is 49.2 Å². The third kappa shape index (κ3) is 5.40. The first kappa shape index (κ1) is 25.7. The van der Waals surface area contributed by atoms with E-state index in [4.69, 9.17) is 26.2 Å². The van der Waals surface area contributed by atoms with E-state index >= 15 is 0 Å². The number of carboxylic acids is 1. The number of hydrogen-bond donors (Lipinski definition) is 3. The summed E-state index contributed by atoms with van der Waals surface area (Å²) in [6.45, 7) is 3.90. The minimum absolute atomic E-state index is 0.234. The highest BCUT2D eigenvalue weighted by atomic mass is 35.5. The lowest BCUT2D eigenvalue weighted by molar-refractivity contribution is -0.136. The molecule has 0 fully saturated rings. The number of methoxy groups -OCH3 is 1. The van der Waals surface area contributed by atoms with Crippen molar-refractivity contribution in [1.29, 1.82) is 0 Å². The van der Waals surface area contributed by atoms with Crippen molar-refractivity contribution in [2.24, 2.45) is 0 Å². The van der Waals surface area contributed by atoms with Crippen LogP contribution in [0.5, 0.6) is 17.2 Å². The Bertz CT molecular complexity index is 1490. The number of nitrogens with one attached hydrogen (secondary N) is 2. The number of thiazole rings is 1. The molecule has 4 rings (SSSR count). The number of benzene rings is 3. The molecule has 0 aliphatic carbocycles. The van der Waals surface area contributed by atoms with Crippen LogP contribution >= 0.6 is 22.9 Å². The Morgan fingerprint density at radius 1 is 1.14 bits per heavy atom. The van der Waals surface area contributed by atoms with E-state index in [-0.39, 0.29) is 17.2 Å². The molecule has 0 bridgehead atoms. The SMILES string of the molecule is CNc1nc2ccc(Oc3cc(Cl)c(CC(=O)O)cc3OC)c(NS(=O)c3ccc(C)cc3C)c2s1. The van der Waals surface area contributed by atoms with Crippen molar-refractivity contribution in [2.75, 3.05) is 24.2 Å². The van der Waals surface area contributed by atoms with Crippen molar-refractivity contribution in [1.82, 2.24) is 4.98 Å². The van der Waals surface area contributed by atoms with E-state index in [1.807, 2.05) is 32.0 Å². The highest BCUT2D eigenvalue weighted by molar-refractivity contribution is 7.86. The number of hydrogen-bond acceptors (Lipinski definition) is 7. The third-order valence-electron chi connectivity index (χ3n) is 5.35. The zero-order chi connectivity index (χ0) is 26.0. The topological polar surface area (TPSA) is 110 Å². The van der Waals surface area contributed by atoms with Gasteiger partial charge in [-0.2, -0.15) is 0 Å². The Balaban J connectivity index is 1.79. The lowest BCUT2D eigenvalue weighted by Crippen LogP contribution is -2.08. The first-order valence-corrected chi connectivity index (χ1v) is 13.2. The maximum atomic E-state index is 13.4. The molecule has 1 atom stereocenters. The molecule has 3 aromatic carbocycles. The van der Waals surface area contributed by atoms with E-state index in [9.17, 15) is 9.00 Å². The minimum Gasteiger partial charge on any atom is -0.493 e. The van der Waals surface area contributed by atoms with E-state index in [1.165, 1.54) is 30.6 Å². The number of ether oxygens (including phenoxy) is 2. The van der Waals surface area contributed by atoms with Crippen LogP contribution in [-0.2, 0) is 22.2 Å². The lowest BCUT2D eigenvalue weighted by Gasteiger charge is -2.17. The normalized spacial score (nSPS) is 11.8. The summed E-state index contributed by atoms with van der Waals surface area (Å²) in [6.07, 6.45) is -0.253. The summed E-state index contributed by atoms with van der Waals surface area (Å²) in [7, 11) is 1.65. The van der Waals surface area contributed by atoms with Crippen molar-refractivity contribution in [3.8, 4) is 17.2 Å². The molecule has 0 aliphatic rings. The fourth-order valence-corrected chi connectivity index (χ4v) is 5.89. The highest BCUT2D eigenvalue weighted by Crippen LogP contribution is 2.44. The predicted molar refractivity (Wildman–Crippen MR) is 145 cm³/mol. The molecule has 0 spiro atoms. The van der Waals surface area contributed by atoms with Gasteiger partial charge in [0.1, 0.15) is 5.69 Å². The lowest BCUT2D eigenvalue weighted by atomic mass is 10.1.